The number of ether oxygens (including phenoxy) is 2. The summed E-state index contributed by atoms with van der Waals surface area (Å²) < 4.78 is 10.5. The van der Waals surface area contributed by atoms with Crippen molar-refractivity contribution in [2.45, 2.75) is 18.9 Å². The Labute approximate surface area is 163 Å². The smallest absolute Gasteiger partial charge is 0.234 e. The SMILES string of the molecule is COc1ccc(OC)c(NC(=O)CSc2cc(C)c3cccc(C)c3n2)c1. The number of aryl methyl sites for hydroxylation is 2. The van der Waals surface area contributed by atoms with E-state index in [4.69, 9.17) is 14.5 Å². The van der Waals surface area contributed by atoms with Crippen LogP contribution in [0, 0.1) is 13.8 Å². The second-order valence-corrected chi connectivity index (χ2v) is 7.15. The summed E-state index contributed by atoms with van der Waals surface area (Å²) in [5, 5.41) is 4.86. The summed E-state index contributed by atoms with van der Waals surface area (Å²) in [5.74, 6) is 1.37. The van der Waals surface area contributed by atoms with E-state index >= 15 is 0 Å². The van der Waals surface area contributed by atoms with E-state index in [0.29, 0.717) is 17.2 Å². The quantitative estimate of drug-likeness (QED) is 0.632. The average molecular weight is 382 g/mol. The van der Waals surface area contributed by atoms with Crippen LogP contribution in [0.1, 0.15) is 11.1 Å². The first-order valence-corrected chi connectivity index (χ1v) is 9.52. The van der Waals surface area contributed by atoms with Crippen LogP contribution in [0.15, 0.2) is 47.5 Å². The first-order valence-electron chi connectivity index (χ1n) is 8.53. The number of thioether (sulfide) groups is 1. The molecular weight excluding hydrogens is 360 g/mol. The van der Waals surface area contributed by atoms with Crippen molar-refractivity contribution < 1.29 is 14.3 Å². The second kappa shape index (κ2) is 8.31. The Bertz CT molecular complexity index is 989. The fourth-order valence-electron chi connectivity index (χ4n) is 2.84. The number of benzene rings is 2. The van der Waals surface area contributed by atoms with Gasteiger partial charge in [-0.15, -0.1) is 0 Å². The molecule has 1 aromatic heterocycles. The summed E-state index contributed by atoms with van der Waals surface area (Å²) in [7, 11) is 3.15. The molecule has 140 valence electrons. The number of amides is 1. The van der Waals surface area contributed by atoms with Gasteiger partial charge in [0.2, 0.25) is 5.91 Å². The predicted molar refractivity (Wildman–Crippen MR) is 110 cm³/mol. The molecule has 0 bridgehead atoms. The Kier molecular flexibility index (Phi) is 5.86. The third-order valence-corrected chi connectivity index (χ3v) is 5.17. The van der Waals surface area contributed by atoms with Crippen LogP contribution in [0.25, 0.3) is 10.9 Å². The number of hydrogen-bond acceptors (Lipinski definition) is 5. The molecular formula is C21H22N2O3S. The minimum atomic E-state index is -0.129. The summed E-state index contributed by atoms with van der Waals surface area (Å²) in [4.78, 5) is 17.1. The van der Waals surface area contributed by atoms with Gasteiger partial charge in [-0.1, -0.05) is 30.0 Å². The highest BCUT2D eigenvalue weighted by Gasteiger charge is 2.11. The normalized spacial score (nSPS) is 10.7. The molecule has 6 heteroatoms. The lowest BCUT2D eigenvalue weighted by atomic mass is 10.1. The van der Waals surface area contributed by atoms with E-state index in [1.165, 1.54) is 11.8 Å². The summed E-state index contributed by atoms with van der Waals surface area (Å²) in [6.07, 6.45) is 0. The van der Waals surface area contributed by atoms with E-state index in [1.54, 1.807) is 32.4 Å². The van der Waals surface area contributed by atoms with Gasteiger partial charge in [0.25, 0.3) is 0 Å². The lowest BCUT2D eigenvalue weighted by Gasteiger charge is -2.12. The third-order valence-electron chi connectivity index (χ3n) is 4.26. The van der Waals surface area contributed by atoms with E-state index in [9.17, 15) is 4.79 Å². The number of carbonyl (C=O) groups excluding carboxylic acids is 1. The van der Waals surface area contributed by atoms with Gasteiger partial charge in [-0.2, -0.15) is 0 Å². The molecule has 0 spiro atoms. The third kappa shape index (κ3) is 4.34. The lowest BCUT2D eigenvalue weighted by molar-refractivity contribution is -0.113. The molecule has 0 aliphatic heterocycles. The van der Waals surface area contributed by atoms with E-state index < -0.39 is 0 Å². The summed E-state index contributed by atoms with van der Waals surface area (Å²) in [5.41, 5.74) is 3.85. The average Bonchev–Trinajstić information content (AvgIpc) is 2.67. The largest absolute Gasteiger partial charge is 0.497 e. The highest BCUT2D eigenvalue weighted by atomic mass is 32.2. The van der Waals surface area contributed by atoms with Gasteiger partial charge in [0.05, 0.1) is 36.2 Å². The highest BCUT2D eigenvalue weighted by Crippen LogP contribution is 2.30. The van der Waals surface area contributed by atoms with E-state index in [2.05, 4.69) is 18.3 Å². The van der Waals surface area contributed by atoms with Crippen LogP contribution in [0.5, 0.6) is 11.5 Å². The number of para-hydroxylation sites is 1. The number of carbonyl (C=O) groups is 1. The van der Waals surface area contributed by atoms with E-state index in [-0.39, 0.29) is 11.7 Å². The topological polar surface area (TPSA) is 60.5 Å². The van der Waals surface area contributed by atoms with Gasteiger partial charge >= 0.3 is 0 Å². The lowest BCUT2D eigenvalue weighted by Crippen LogP contribution is -2.15. The molecule has 0 aliphatic carbocycles. The van der Waals surface area contributed by atoms with Gasteiger partial charge < -0.3 is 14.8 Å². The second-order valence-electron chi connectivity index (χ2n) is 6.15. The number of fused-ring (bicyclic) bond motifs is 1. The molecule has 1 N–H and O–H groups in total. The Balaban J connectivity index is 1.73. The number of nitrogens with zero attached hydrogens (tertiary/aromatic N) is 1. The first kappa shape index (κ1) is 19.0. The number of pyridine rings is 1. The van der Waals surface area contributed by atoms with Crippen molar-refractivity contribution >= 4 is 34.3 Å². The molecule has 0 saturated carbocycles. The van der Waals surface area contributed by atoms with Crippen molar-refractivity contribution in [2.75, 3.05) is 25.3 Å². The maximum atomic E-state index is 12.4. The van der Waals surface area contributed by atoms with E-state index in [1.807, 2.05) is 25.1 Å². The minimum absolute atomic E-state index is 0.129. The molecule has 5 nitrogen and oxygen atoms in total. The molecule has 0 aliphatic rings. The van der Waals surface area contributed by atoms with Crippen LogP contribution >= 0.6 is 11.8 Å². The highest BCUT2D eigenvalue weighted by molar-refractivity contribution is 7.99. The van der Waals surface area contributed by atoms with Gasteiger partial charge in [-0.25, -0.2) is 4.98 Å². The summed E-state index contributed by atoms with van der Waals surface area (Å²) >= 11 is 1.41. The molecule has 0 unspecified atom stereocenters. The predicted octanol–water partition coefficient (Wildman–Crippen LogP) is 4.60. The molecule has 0 fully saturated rings. The summed E-state index contributed by atoms with van der Waals surface area (Å²) in [6, 6.07) is 13.5. The van der Waals surface area contributed by atoms with Gasteiger partial charge in [-0.05, 0) is 43.2 Å². The van der Waals surface area contributed by atoms with Crippen LogP contribution in [-0.4, -0.2) is 30.9 Å². The molecule has 1 heterocycles. The monoisotopic (exact) mass is 382 g/mol. The van der Waals surface area contributed by atoms with Crippen molar-refractivity contribution in [3.05, 3.63) is 53.6 Å². The van der Waals surface area contributed by atoms with Crippen LogP contribution in [0.3, 0.4) is 0 Å². The van der Waals surface area contributed by atoms with Crippen molar-refractivity contribution in [1.29, 1.82) is 0 Å². The molecule has 27 heavy (non-hydrogen) atoms. The van der Waals surface area contributed by atoms with Crippen LogP contribution in [-0.2, 0) is 4.79 Å². The van der Waals surface area contributed by atoms with Crippen molar-refractivity contribution in [1.82, 2.24) is 4.98 Å². The molecule has 0 radical (unpaired) electrons. The first-order chi connectivity index (χ1) is 13.0. The zero-order valence-corrected chi connectivity index (χ0v) is 16.6. The number of aromatic nitrogens is 1. The Morgan fingerprint density at radius 2 is 1.89 bits per heavy atom. The van der Waals surface area contributed by atoms with Gasteiger partial charge in [0.1, 0.15) is 11.5 Å². The molecule has 3 aromatic rings. The standard InChI is InChI=1S/C21H22N2O3S/c1-13-6-5-7-16-14(2)10-20(23-21(13)16)27-12-19(24)22-17-11-15(25-3)8-9-18(17)26-4/h5-11H,12H2,1-4H3,(H,22,24). The molecule has 1 amide bonds. The fourth-order valence-corrected chi connectivity index (χ4v) is 3.61. The number of anilines is 1. The Morgan fingerprint density at radius 3 is 2.63 bits per heavy atom. The molecule has 0 atom stereocenters. The number of nitrogens with one attached hydrogen (secondary N) is 1. The van der Waals surface area contributed by atoms with Crippen molar-refractivity contribution in [3.8, 4) is 11.5 Å². The van der Waals surface area contributed by atoms with E-state index in [0.717, 1.165) is 27.1 Å². The Hall–Kier alpha value is -2.73. The van der Waals surface area contributed by atoms with Gasteiger partial charge in [0.15, 0.2) is 0 Å². The van der Waals surface area contributed by atoms with Crippen molar-refractivity contribution in [2.24, 2.45) is 0 Å². The fraction of sp³-hybridized carbons (Fsp3) is 0.238. The minimum Gasteiger partial charge on any atom is -0.497 e. The van der Waals surface area contributed by atoms with Gasteiger partial charge in [0, 0.05) is 11.5 Å². The van der Waals surface area contributed by atoms with Crippen LogP contribution in [0.2, 0.25) is 0 Å². The number of methoxy groups -OCH3 is 2. The number of hydrogen-bond donors (Lipinski definition) is 1. The Morgan fingerprint density at radius 1 is 1.07 bits per heavy atom. The van der Waals surface area contributed by atoms with Crippen LogP contribution in [0.4, 0.5) is 5.69 Å². The number of rotatable bonds is 6. The zero-order chi connectivity index (χ0) is 19.4. The maximum absolute atomic E-state index is 12.4. The maximum Gasteiger partial charge on any atom is 0.234 e. The van der Waals surface area contributed by atoms with Crippen molar-refractivity contribution in [3.63, 3.8) is 0 Å². The molecule has 3 rings (SSSR count). The molecule has 0 saturated heterocycles. The zero-order valence-electron chi connectivity index (χ0n) is 15.8. The van der Waals surface area contributed by atoms with Gasteiger partial charge in [-0.3, -0.25) is 4.79 Å². The molecule has 2 aromatic carbocycles. The summed E-state index contributed by atoms with van der Waals surface area (Å²) in [6.45, 7) is 4.11. The van der Waals surface area contributed by atoms with Crippen LogP contribution < -0.4 is 14.8 Å².